The molecule has 0 aliphatic carbocycles. The second-order valence-electron chi connectivity index (χ2n) is 23.9. The van der Waals surface area contributed by atoms with Gasteiger partial charge in [0.05, 0.1) is 25.4 Å². The van der Waals surface area contributed by atoms with E-state index in [1.807, 2.05) is 0 Å². The normalized spacial score (nSPS) is 12.7. The van der Waals surface area contributed by atoms with Crippen molar-refractivity contribution < 1.29 is 24.5 Å². The van der Waals surface area contributed by atoms with Crippen LogP contribution in [-0.2, 0) is 14.3 Å². The van der Waals surface area contributed by atoms with Crippen molar-refractivity contribution in [2.24, 2.45) is 0 Å². The van der Waals surface area contributed by atoms with Crippen molar-refractivity contribution >= 4 is 11.9 Å². The second kappa shape index (κ2) is 66.6. The maximum absolute atomic E-state index is 12.5. The molecule has 3 N–H and O–H groups in total. The quantitative estimate of drug-likeness (QED) is 0.0320. The maximum Gasteiger partial charge on any atom is 0.305 e. The van der Waals surface area contributed by atoms with Crippen LogP contribution in [0.1, 0.15) is 380 Å². The van der Waals surface area contributed by atoms with Crippen LogP contribution in [-0.4, -0.2) is 47.4 Å². The van der Waals surface area contributed by atoms with Crippen LogP contribution in [0.4, 0.5) is 0 Å². The Kier molecular flexibility index (Phi) is 64.9. The van der Waals surface area contributed by atoms with E-state index in [0.29, 0.717) is 25.9 Å². The van der Waals surface area contributed by atoms with Crippen molar-refractivity contribution in [3.8, 4) is 0 Å². The highest BCUT2D eigenvalue weighted by Crippen LogP contribution is 2.18. The first-order valence-electron chi connectivity index (χ1n) is 34.7. The van der Waals surface area contributed by atoms with Gasteiger partial charge in [0.15, 0.2) is 0 Å². The third-order valence-electron chi connectivity index (χ3n) is 16.2. The number of ether oxygens (including phenoxy) is 1. The molecule has 6 heteroatoms. The van der Waals surface area contributed by atoms with Gasteiger partial charge in [0.1, 0.15) is 0 Å². The first-order chi connectivity index (χ1) is 38.0. The molecule has 0 aliphatic rings. The van der Waals surface area contributed by atoms with Crippen molar-refractivity contribution in [3.63, 3.8) is 0 Å². The minimum absolute atomic E-state index is 0.00474. The molecule has 0 saturated heterocycles. The lowest BCUT2D eigenvalue weighted by atomic mass is 10.0. The van der Waals surface area contributed by atoms with Crippen LogP contribution in [0.3, 0.4) is 0 Å². The van der Waals surface area contributed by atoms with E-state index < -0.39 is 12.1 Å². The van der Waals surface area contributed by atoms with E-state index in [-0.39, 0.29) is 18.5 Å². The fourth-order valence-electron chi connectivity index (χ4n) is 10.8. The summed E-state index contributed by atoms with van der Waals surface area (Å²) in [7, 11) is 0. The van der Waals surface area contributed by atoms with Crippen molar-refractivity contribution in [2.75, 3.05) is 13.2 Å². The van der Waals surface area contributed by atoms with Crippen molar-refractivity contribution in [1.82, 2.24) is 5.32 Å². The molecule has 0 aromatic carbocycles. The van der Waals surface area contributed by atoms with Gasteiger partial charge in [0, 0.05) is 12.8 Å². The van der Waals surface area contributed by atoms with Gasteiger partial charge in [-0.1, -0.05) is 320 Å². The smallest absolute Gasteiger partial charge is 0.305 e. The number of hydrogen-bond donors (Lipinski definition) is 3. The van der Waals surface area contributed by atoms with Crippen molar-refractivity contribution in [1.29, 1.82) is 0 Å². The summed E-state index contributed by atoms with van der Waals surface area (Å²) in [5.74, 6) is -0.0334. The first kappa shape index (κ1) is 75.1. The number of nitrogens with one attached hydrogen (secondary N) is 1. The average molecular weight is 1080 g/mol. The Bertz CT molecular complexity index is 1250. The van der Waals surface area contributed by atoms with Gasteiger partial charge in [0.25, 0.3) is 0 Å². The predicted octanol–water partition coefficient (Wildman–Crippen LogP) is 22.3. The lowest BCUT2D eigenvalue weighted by molar-refractivity contribution is -0.143. The number of unbranched alkanes of at least 4 members (excludes halogenated alkanes) is 48. The molecule has 2 atom stereocenters. The Morgan fingerprint density at radius 3 is 1.01 bits per heavy atom. The van der Waals surface area contributed by atoms with Gasteiger partial charge in [-0.2, -0.15) is 0 Å². The zero-order valence-corrected chi connectivity index (χ0v) is 52.0. The topological polar surface area (TPSA) is 95.9 Å². The molecule has 0 spiro atoms. The van der Waals surface area contributed by atoms with Crippen LogP contribution >= 0.6 is 0 Å². The zero-order chi connectivity index (χ0) is 55.7. The van der Waals surface area contributed by atoms with Crippen LogP contribution in [0.5, 0.6) is 0 Å². The van der Waals surface area contributed by atoms with E-state index in [0.717, 1.165) is 51.4 Å². The third kappa shape index (κ3) is 63.1. The summed E-state index contributed by atoms with van der Waals surface area (Å²) in [6, 6.07) is -0.547. The molecule has 77 heavy (non-hydrogen) atoms. The summed E-state index contributed by atoms with van der Waals surface area (Å²) < 4.78 is 5.50. The average Bonchev–Trinajstić information content (AvgIpc) is 3.43. The molecule has 0 fully saturated rings. The molecular weight excluding hydrogens is 947 g/mol. The largest absolute Gasteiger partial charge is 0.466 e. The number of allylic oxidation sites excluding steroid dienone is 6. The molecule has 0 heterocycles. The molecule has 0 aromatic heterocycles. The summed E-state index contributed by atoms with van der Waals surface area (Å²) in [6.45, 7) is 4.96. The fourth-order valence-corrected chi connectivity index (χ4v) is 10.8. The molecular formula is C71H135NO5. The van der Waals surface area contributed by atoms with E-state index in [9.17, 15) is 19.8 Å². The van der Waals surface area contributed by atoms with Crippen LogP contribution in [0, 0.1) is 0 Å². The summed E-state index contributed by atoms with van der Waals surface area (Å²) >= 11 is 0. The Hall–Kier alpha value is -1.92. The highest BCUT2D eigenvalue weighted by molar-refractivity contribution is 5.76. The van der Waals surface area contributed by atoms with Crippen LogP contribution < -0.4 is 5.32 Å². The molecule has 0 aromatic rings. The Balaban J connectivity index is 3.41. The number of esters is 1. The number of rotatable bonds is 65. The Morgan fingerprint density at radius 1 is 0.364 bits per heavy atom. The van der Waals surface area contributed by atoms with E-state index >= 15 is 0 Å². The van der Waals surface area contributed by atoms with Crippen molar-refractivity contribution in [2.45, 2.75) is 392 Å². The van der Waals surface area contributed by atoms with Crippen molar-refractivity contribution in [3.05, 3.63) is 36.5 Å². The van der Waals surface area contributed by atoms with Gasteiger partial charge in [-0.25, -0.2) is 0 Å². The molecule has 0 bridgehead atoms. The minimum atomic E-state index is -0.669. The summed E-state index contributed by atoms with van der Waals surface area (Å²) in [6.07, 6.45) is 84.6. The van der Waals surface area contributed by atoms with Crippen LogP contribution in [0.15, 0.2) is 36.5 Å². The molecule has 0 aliphatic heterocycles. The standard InChI is InChI=1S/C71H135NO5/c1-3-5-7-9-11-13-15-17-19-21-28-31-35-39-43-47-51-55-59-63-69(74)68(67-73)72-70(75)64-60-56-52-48-44-40-36-32-29-26-24-23-25-27-30-34-38-42-46-50-54-58-62-66-77-71(76)65-61-57-53-49-45-41-37-33-22-20-18-16-14-12-10-8-6-4-2/h14,16,20,22,26,29,68-69,73-74H,3-13,15,17-19,21,23-25,27-28,30-67H2,1-2H3,(H,72,75)/b16-14-,22-20-,29-26-. The number of carbonyl (C=O) groups excluding carboxylic acids is 2. The SMILES string of the molecule is CCCCCC/C=C\C/C=C\CCCCCCCCCC(=O)OCCCCCCCCCCCCCC/C=C\CCCCCCCCCC(=O)NC(CO)C(O)CCCCCCCCCCCCCCCCCCCCC. The van der Waals surface area contributed by atoms with Crippen LogP contribution in [0.25, 0.3) is 0 Å². The van der Waals surface area contributed by atoms with E-state index in [2.05, 4.69) is 55.6 Å². The molecule has 1 amide bonds. The van der Waals surface area contributed by atoms with Crippen LogP contribution in [0.2, 0.25) is 0 Å². The molecule has 6 nitrogen and oxygen atoms in total. The predicted molar refractivity (Wildman–Crippen MR) is 338 cm³/mol. The van der Waals surface area contributed by atoms with E-state index in [1.165, 1.54) is 295 Å². The molecule has 0 saturated carbocycles. The molecule has 0 radical (unpaired) electrons. The first-order valence-corrected chi connectivity index (χ1v) is 34.7. The maximum atomic E-state index is 12.5. The number of aliphatic hydroxyl groups is 2. The van der Waals surface area contributed by atoms with Gasteiger partial charge < -0.3 is 20.3 Å². The fraction of sp³-hybridized carbons (Fsp3) is 0.887. The highest BCUT2D eigenvalue weighted by Gasteiger charge is 2.20. The van der Waals surface area contributed by atoms with E-state index in [1.54, 1.807) is 0 Å². The zero-order valence-electron chi connectivity index (χ0n) is 52.0. The number of amides is 1. The van der Waals surface area contributed by atoms with E-state index in [4.69, 9.17) is 4.74 Å². The van der Waals surface area contributed by atoms with Gasteiger partial charge >= 0.3 is 5.97 Å². The summed E-state index contributed by atoms with van der Waals surface area (Å²) in [5.41, 5.74) is 0. The summed E-state index contributed by atoms with van der Waals surface area (Å²) in [4.78, 5) is 24.6. The van der Waals surface area contributed by atoms with Gasteiger partial charge in [-0.05, 0) is 83.5 Å². The third-order valence-corrected chi connectivity index (χ3v) is 16.2. The molecule has 2 unspecified atom stereocenters. The number of carbonyl (C=O) groups is 2. The lowest BCUT2D eigenvalue weighted by Gasteiger charge is -2.22. The summed E-state index contributed by atoms with van der Waals surface area (Å²) in [5, 5.41) is 23.4. The van der Waals surface area contributed by atoms with Gasteiger partial charge in [-0.3, -0.25) is 9.59 Å². The molecule has 0 rings (SSSR count). The number of aliphatic hydroxyl groups excluding tert-OH is 2. The monoisotopic (exact) mass is 1080 g/mol. The lowest BCUT2D eigenvalue weighted by Crippen LogP contribution is -2.45. The molecule has 454 valence electrons. The van der Waals surface area contributed by atoms with Gasteiger partial charge in [0.2, 0.25) is 5.91 Å². The Labute approximate surface area is 481 Å². The second-order valence-corrected chi connectivity index (χ2v) is 23.9. The highest BCUT2D eigenvalue weighted by atomic mass is 16.5. The Morgan fingerprint density at radius 2 is 0.649 bits per heavy atom. The minimum Gasteiger partial charge on any atom is -0.466 e. The number of hydrogen-bond acceptors (Lipinski definition) is 5. The van der Waals surface area contributed by atoms with Gasteiger partial charge in [-0.15, -0.1) is 0 Å².